The first kappa shape index (κ1) is 57.0. The second-order valence-corrected chi connectivity index (χ2v) is 27.4. The lowest BCUT2D eigenvalue weighted by Gasteiger charge is -2.26. The fraction of sp³-hybridized carbons (Fsp3) is 0.447. The van der Waals surface area contributed by atoms with Crippen LogP contribution in [0.1, 0.15) is 188 Å². The van der Waals surface area contributed by atoms with Crippen molar-refractivity contribution in [1.29, 1.82) is 0 Å². The van der Waals surface area contributed by atoms with E-state index in [1.807, 2.05) is 0 Å². The third-order valence-corrected chi connectivity index (χ3v) is 19.4. The molecular weight excluding hydrogens is 969 g/mol. The Morgan fingerprint density at radius 3 is 1.29 bits per heavy atom. The van der Waals surface area contributed by atoms with Crippen molar-refractivity contribution in [2.75, 3.05) is 0 Å². The van der Waals surface area contributed by atoms with E-state index in [1.165, 1.54) is 169 Å². The molecule has 4 bridgehead atoms. The Morgan fingerprint density at radius 1 is 0.400 bits per heavy atom. The van der Waals surface area contributed by atoms with Crippen LogP contribution in [0.2, 0.25) is 0 Å². The number of aromatic nitrogens is 4. The number of hydrogen-bond acceptors (Lipinski definition) is 1. The van der Waals surface area contributed by atoms with Crippen LogP contribution in [0.15, 0.2) is 133 Å². The second kappa shape index (κ2) is 24.1. The molecule has 0 fully saturated rings. The maximum atomic E-state index is 5.71. The smallest absolute Gasteiger partial charge is 0.211 e. The third-order valence-electron chi connectivity index (χ3n) is 19.4. The van der Waals surface area contributed by atoms with Crippen LogP contribution in [0, 0.1) is 21.7 Å². The van der Waals surface area contributed by atoms with Crippen LogP contribution in [0.5, 0.6) is 0 Å². The van der Waals surface area contributed by atoms with Gasteiger partial charge in [-0.3, -0.25) is 4.98 Å². The van der Waals surface area contributed by atoms with Crippen molar-refractivity contribution in [3.8, 4) is 44.5 Å². The van der Waals surface area contributed by atoms with Crippen molar-refractivity contribution in [2.45, 2.75) is 191 Å². The quantitative estimate of drug-likeness (QED) is 0.0414. The van der Waals surface area contributed by atoms with E-state index in [1.54, 1.807) is 0 Å². The summed E-state index contributed by atoms with van der Waals surface area (Å²) in [5.41, 5.74) is 21.1. The van der Waals surface area contributed by atoms with Gasteiger partial charge in [-0.05, 0) is 137 Å². The van der Waals surface area contributed by atoms with Crippen LogP contribution in [0.3, 0.4) is 0 Å². The van der Waals surface area contributed by atoms with E-state index in [0.717, 1.165) is 53.3 Å². The minimum Gasteiger partial charge on any atom is -0.252 e. The molecule has 418 valence electrons. The number of hydrogen-bond donors (Lipinski definition) is 0. The molecule has 4 nitrogen and oxygen atoms in total. The Morgan fingerprint density at radius 2 is 0.800 bits per heavy atom. The summed E-state index contributed by atoms with van der Waals surface area (Å²) in [6.07, 6.45) is 28.2. The van der Waals surface area contributed by atoms with Gasteiger partial charge in [0.05, 0.1) is 50.7 Å². The lowest BCUT2D eigenvalue weighted by Crippen LogP contribution is -2.46. The van der Waals surface area contributed by atoms with Crippen molar-refractivity contribution in [3.05, 3.63) is 167 Å². The summed E-state index contributed by atoms with van der Waals surface area (Å²) in [5, 5.41) is 2.28. The predicted octanol–water partition coefficient (Wildman–Crippen LogP) is 19.1. The highest BCUT2D eigenvalue weighted by Crippen LogP contribution is 2.39. The monoisotopic (exact) mass is 1060 g/mol. The number of fused-ring (bicyclic) bond motifs is 4. The number of benzene rings is 4. The number of unbranched alkanes of at least 4 members (excludes halogenated alkanes) is 5. The third kappa shape index (κ3) is 12.6. The topological polar surface area (TPSA) is 25.6 Å². The van der Waals surface area contributed by atoms with Gasteiger partial charge in [0.2, 0.25) is 5.35 Å². The van der Waals surface area contributed by atoms with E-state index in [4.69, 9.17) is 4.98 Å². The summed E-state index contributed by atoms with van der Waals surface area (Å²) in [6, 6.07) is 51.0. The van der Waals surface area contributed by atoms with E-state index in [2.05, 4.69) is 235 Å². The van der Waals surface area contributed by atoms with Gasteiger partial charge in [-0.15, -0.1) is 0 Å². The highest BCUT2D eigenvalue weighted by Gasteiger charge is 2.29. The van der Waals surface area contributed by atoms with Crippen LogP contribution in [0.4, 0.5) is 0 Å². The molecule has 0 radical (unpaired) electrons. The number of rotatable bonds is 25. The molecule has 0 atom stereocenters. The standard InChI is InChI=1S/C76H95N4/c1-12-73(3,4)49-23-14-15-24-51-75(7,8)53-48-56-33-37-60(38-34-56)72-64-42-41-63(78(64)11)71(58-29-21-17-22-30-58)67-45-44-66-70(59-35-31-55(32-36-59)47-54-76(9,10)52-26-18-25-50-74(5,6)13-2)62-40-39-61(77-62)69(57-27-19-16-20-28-57)65-43-46-68(72)79(65)80(66)67/h16-17,19-22,27-38,40-41,43-46H,12-15,18,23-26,39,42,47-54H2,1-11H3/q+1. The van der Waals surface area contributed by atoms with Gasteiger partial charge in [0, 0.05) is 17.5 Å². The molecule has 2 aliphatic heterocycles. The Hall–Kier alpha value is -6.26. The number of nitrogens with zero attached hydrogens (tertiary/aromatic N) is 4. The van der Waals surface area contributed by atoms with Crippen LogP contribution in [-0.4, -0.2) is 14.0 Å². The van der Waals surface area contributed by atoms with Gasteiger partial charge in [-0.25, -0.2) is 9.03 Å². The Bertz CT molecular complexity index is 3640. The number of aryl methyl sites for hydroxylation is 2. The van der Waals surface area contributed by atoms with Crippen molar-refractivity contribution in [1.82, 2.24) is 14.0 Å². The van der Waals surface area contributed by atoms with Gasteiger partial charge in [-0.1, -0.05) is 242 Å². The maximum absolute atomic E-state index is 5.71. The first-order valence-electron chi connectivity index (χ1n) is 31.3. The molecule has 10 rings (SSSR count). The van der Waals surface area contributed by atoms with Gasteiger partial charge in [0.25, 0.3) is 0 Å². The highest BCUT2D eigenvalue weighted by molar-refractivity contribution is 5.94. The lowest BCUT2D eigenvalue weighted by atomic mass is 9.80. The molecule has 0 N–H and O–H groups in total. The van der Waals surface area contributed by atoms with Gasteiger partial charge < -0.3 is 0 Å². The average molecular weight is 1060 g/mol. The van der Waals surface area contributed by atoms with E-state index in [9.17, 15) is 0 Å². The Labute approximate surface area is 481 Å². The highest BCUT2D eigenvalue weighted by atomic mass is 15.3. The van der Waals surface area contributed by atoms with Crippen LogP contribution in [-0.2, 0) is 32.7 Å². The second-order valence-electron chi connectivity index (χ2n) is 27.4. The largest absolute Gasteiger partial charge is 0.252 e. The minimum absolute atomic E-state index is 0.305. The molecule has 0 aliphatic carbocycles. The van der Waals surface area contributed by atoms with Crippen LogP contribution < -0.4 is 15.3 Å². The summed E-state index contributed by atoms with van der Waals surface area (Å²) >= 11 is 0. The molecule has 0 spiro atoms. The summed E-state index contributed by atoms with van der Waals surface area (Å²) in [6.45, 7) is 24.3. The zero-order chi connectivity index (χ0) is 56.2. The SMILES string of the molecule is CCC(C)(C)CCCCCCC(C)(C)CCc1ccc(-c2c3[n+](C)c(c(-c4ccccc4)c4ccc5c(-c6ccc(CCC(C)(C)CCCCCC(C)(C)CC)cc6)c6nc(c(-c7ccccc7)c7ccc2n7n54)CC=6)=CC3)cc1. The van der Waals surface area contributed by atoms with E-state index in [0.29, 0.717) is 21.7 Å². The maximum Gasteiger partial charge on any atom is 0.211 e. The Balaban J connectivity index is 1.09. The molecule has 8 aromatic rings. The minimum atomic E-state index is 0.305. The zero-order valence-electron chi connectivity index (χ0n) is 51.1. The van der Waals surface area contributed by atoms with E-state index < -0.39 is 0 Å². The summed E-state index contributed by atoms with van der Waals surface area (Å²) in [7, 11) is 2.30. The van der Waals surface area contributed by atoms with E-state index in [-0.39, 0.29) is 0 Å². The van der Waals surface area contributed by atoms with Gasteiger partial charge in [0.15, 0.2) is 5.69 Å². The molecule has 6 heterocycles. The molecular formula is C76H95N4+. The predicted molar refractivity (Wildman–Crippen MR) is 343 cm³/mol. The van der Waals surface area contributed by atoms with Crippen molar-refractivity contribution < 1.29 is 4.57 Å². The van der Waals surface area contributed by atoms with Crippen molar-refractivity contribution >= 4 is 34.2 Å². The van der Waals surface area contributed by atoms with Crippen molar-refractivity contribution in [3.63, 3.8) is 0 Å². The average Bonchev–Trinajstić information content (AvgIpc) is 2.89. The molecule has 4 aromatic heterocycles. The van der Waals surface area contributed by atoms with Gasteiger partial charge in [-0.2, -0.15) is 4.57 Å². The first-order valence-corrected chi connectivity index (χ1v) is 31.3. The molecule has 80 heavy (non-hydrogen) atoms. The van der Waals surface area contributed by atoms with Gasteiger partial charge in [0.1, 0.15) is 7.05 Å². The normalized spacial score (nSPS) is 13.4. The Kier molecular flexibility index (Phi) is 17.1. The molecule has 0 saturated heterocycles. The van der Waals surface area contributed by atoms with Crippen LogP contribution >= 0.6 is 0 Å². The summed E-state index contributed by atoms with van der Waals surface area (Å²) in [5.74, 6) is 0. The summed E-state index contributed by atoms with van der Waals surface area (Å²) < 4.78 is 7.65. The first-order chi connectivity index (χ1) is 38.5. The van der Waals surface area contributed by atoms with Crippen LogP contribution in [0.25, 0.3) is 78.7 Å². The molecule has 0 amide bonds. The zero-order valence-corrected chi connectivity index (χ0v) is 51.1. The van der Waals surface area contributed by atoms with E-state index >= 15 is 0 Å². The lowest BCUT2D eigenvalue weighted by molar-refractivity contribution is -0.685. The summed E-state index contributed by atoms with van der Waals surface area (Å²) in [4.78, 5) is 5.71. The fourth-order valence-electron chi connectivity index (χ4n) is 13.1. The fourth-order valence-corrected chi connectivity index (χ4v) is 13.1. The molecule has 0 saturated carbocycles. The van der Waals surface area contributed by atoms with Crippen molar-refractivity contribution in [2.24, 2.45) is 28.7 Å². The molecule has 4 aromatic carbocycles. The van der Waals surface area contributed by atoms with Gasteiger partial charge >= 0.3 is 0 Å². The molecule has 2 aliphatic rings. The molecule has 0 unspecified atom stereocenters. The molecule has 4 heteroatoms.